The Balaban J connectivity index is 2.24. The quantitative estimate of drug-likeness (QED) is 0.437. The predicted octanol–water partition coefficient (Wildman–Crippen LogP) is -1.67. The Bertz CT molecular complexity index is 93.0. The molecule has 1 aliphatic heterocycles. The third-order valence-electron chi connectivity index (χ3n) is 1.57. The lowest BCUT2D eigenvalue weighted by atomic mass is 10.2. The van der Waals surface area contributed by atoms with E-state index < -0.39 is 6.10 Å². The molecule has 1 saturated heterocycles. The molecule has 0 saturated carbocycles. The van der Waals surface area contributed by atoms with E-state index in [4.69, 9.17) is 14.9 Å². The lowest BCUT2D eigenvalue weighted by Crippen LogP contribution is -2.46. The Labute approximate surface area is 59.8 Å². The van der Waals surface area contributed by atoms with Gasteiger partial charge in [0.15, 0.2) is 0 Å². The average molecular weight is 147 g/mol. The van der Waals surface area contributed by atoms with Crippen molar-refractivity contribution in [2.45, 2.75) is 12.2 Å². The zero-order chi connectivity index (χ0) is 7.40. The summed E-state index contributed by atoms with van der Waals surface area (Å²) in [5.41, 5.74) is 0. The fourth-order valence-corrected chi connectivity index (χ4v) is 0.950. The first-order chi connectivity index (χ1) is 4.84. The smallest absolute Gasteiger partial charge is 0.104 e. The molecule has 0 spiro atoms. The summed E-state index contributed by atoms with van der Waals surface area (Å²) in [5.74, 6) is 0. The van der Waals surface area contributed by atoms with Crippen LogP contribution >= 0.6 is 0 Å². The van der Waals surface area contributed by atoms with Crippen molar-refractivity contribution < 1.29 is 14.9 Å². The highest BCUT2D eigenvalue weighted by Crippen LogP contribution is 2.00. The van der Waals surface area contributed by atoms with Gasteiger partial charge in [-0.25, -0.2) is 0 Å². The second-order valence-corrected chi connectivity index (χ2v) is 2.36. The van der Waals surface area contributed by atoms with E-state index in [0.29, 0.717) is 13.2 Å². The van der Waals surface area contributed by atoms with Crippen molar-refractivity contribution in [3.8, 4) is 0 Å². The number of morpholine rings is 1. The van der Waals surface area contributed by atoms with Crippen molar-refractivity contribution in [3.05, 3.63) is 0 Å². The lowest BCUT2D eigenvalue weighted by Gasteiger charge is -2.26. The molecule has 0 unspecified atom stereocenters. The SMILES string of the molecule is OC[C@H](O)[C@@H]1CNCCO1. The van der Waals surface area contributed by atoms with Crippen LogP contribution in [0.25, 0.3) is 0 Å². The molecule has 10 heavy (non-hydrogen) atoms. The van der Waals surface area contributed by atoms with Gasteiger partial charge in [-0.2, -0.15) is 0 Å². The maximum Gasteiger partial charge on any atom is 0.104 e. The average Bonchev–Trinajstić information content (AvgIpc) is 2.05. The molecule has 0 bridgehead atoms. The fourth-order valence-electron chi connectivity index (χ4n) is 0.950. The Morgan fingerprint density at radius 2 is 2.50 bits per heavy atom. The van der Waals surface area contributed by atoms with E-state index >= 15 is 0 Å². The van der Waals surface area contributed by atoms with Crippen LogP contribution in [-0.4, -0.2) is 48.7 Å². The number of aliphatic hydroxyl groups is 2. The molecular weight excluding hydrogens is 134 g/mol. The van der Waals surface area contributed by atoms with Crippen LogP contribution in [0.4, 0.5) is 0 Å². The number of rotatable bonds is 2. The second-order valence-electron chi connectivity index (χ2n) is 2.36. The molecule has 1 aliphatic rings. The molecule has 0 aromatic rings. The summed E-state index contributed by atoms with van der Waals surface area (Å²) >= 11 is 0. The number of nitrogens with one attached hydrogen (secondary N) is 1. The highest BCUT2D eigenvalue weighted by Gasteiger charge is 2.20. The van der Waals surface area contributed by atoms with Crippen LogP contribution in [0.3, 0.4) is 0 Å². The molecule has 1 heterocycles. The van der Waals surface area contributed by atoms with Crippen LogP contribution < -0.4 is 5.32 Å². The molecule has 3 N–H and O–H groups in total. The standard InChI is InChI=1S/C6H13NO3/c8-4-5(9)6-3-7-1-2-10-6/h5-9H,1-4H2/t5-,6-/m0/s1. The Morgan fingerprint density at radius 1 is 1.70 bits per heavy atom. The second kappa shape index (κ2) is 3.88. The summed E-state index contributed by atoms with van der Waals surface area (Å²) in [5, 5.41) is 20.7. The van der Waals surface area contributed by atoms with Gasteiger partial charge in [0.05, 0.1) is 19.3 Å². The molecule has 0 aromatic carbocycles. The largest absolute Gasteiger partial charge is 0.394 e. The van der Waals surface area contributed by atoms with Gasteiger partial charge in [-0.05, 0) is 0 Å². The van der Waals surface area contributed by atoms with Crippen molar-refractivity contribution in [1.82, 2.24) is 5.32 Å². The normalized spacial score (nSPS) is 30.0. The number of ether oxygens (including phenoxy) is 1. The van der Waals surface area contributed by atoms with E-state index in [1.54, 1.807) is 0 Å². The van der Waals surface area contributed by atoms with Gasteiger partial charge in [-0.1, -0.05) is 0 Å². The van der Waals surface area contributed by atoms with Crippen molar-refractivity contribution in [1.29, 1.82) is 0 Å². The molecule has 0 amide bonds. The third kappa shape index (κ3) is 1.91. The van der Waals surface area contributed by atoms with Gasteiger partial charge in [0, 0.05) is 13.1 Å². The van der Waals surface area contributed by atoms with Crippen LogP contribution in [0, 0.1) is 0 Å². The maximum absolute atomic E-state index is 9.07. The van der Waals surface area contributed by atoms with E-state index in [-0.39, 0.29) is 12.7 Å². The molecule has 1 rings (SSSR count). The van der Waals surface area contributed by atoms with E-state index in [0.717, 1.165) is 6.54 Å². The van der Waals surface area contributed by atoms with Crippen LogP contribution in [-0.2, 0) is 4.74 Å². The van der Waals surface area contributed by atoms with Gasteiger partial charge in [-0.15, -0.1) is 0 Å². The molecule has 0 aromatic heterocycles. The molecule has 60 valence electrons. The van der Waals surface area contributed by atoms with Gasteiger partial charge in [0.25, 0.3) is 0 Å². The minimum Gasteiger partial charge on any atom is -0.394 e. The maximum atomic E-state index is 9.07. The number of aliphatic hydroxyl groups excluding tert-OH is 2. The van der Waals surface area contributed by atoms with E-state index in [1.807, 2.05) is 0 Å². The zero-order valence-electron chi connectivity index (χ0n) is 5.79. The summed E-state index contributed by atoms with van der Waals surface area (Å²) in [4.78, 5) is 0. The number of hydrogen-bond donors (Lipinski definition) is 3. The van der Waals surface area contributed by atoms with E-state index in [2.05, 4.69) is 5.32 Å². The highest BCUT2D eigenvalue weighted by molar-refractivity contribution is 4.73. The molecular formula is C6H13NO3. The van der Waals surface area contributed by atoms with Crippen molar-refractivity contribution in [2.75, 3.05) is 26.3 Å². The zero-order valence-corrected chi connectivity index (χ0v) is 5.79. The molecule has 1 fully saturated rings. The Morgan fingerprint density at radius 3 is 3.00 bits per heavy atom. The first kappa shape index (κ1) is 7.94. The first-order valence-corrected chi connectivity index (χ1v) is 3.46. The number of hydrogen-bond acceptors (Lipinski definition) is 4. The van der Waals surface area contributed by atoms with Gasteiger partial charge in [0.1, 0.15) is 6.10 Å². The van der Waals surface area contributed by atoms with E-state index in [9.17, 15) is 0 Å². The summed E-state index contributed by atoms with van der Waals surface area (Å²) < 4.78 is 5.16. The molecule has 0 radical (unpaired) electrons. The van der Waals surface area contributed by atoms with Gasteiger partial charge >= 0.3 is 0 Å². The molecule has 2 atom stereocenters. The summed E-state index contributed by atoms with van der Waals surface area (Å²) in [6.07, 6.45) is -0.980. The Kier molecular flexibility index (Phi) is 3.08. The molecule has 4 heteroatoms. The summed E-state index contributed by atoms with van der Waals surface area (Å²) in [6.45, 7) is 1.84. The van der Waals surface area contributed by atoms with Crippen LogP contribution in [0.1, 0.15) is 0 Å². The summed E-state index contributed by atoms with van der Waals surface area (Å²) in [7, 11) is 0. The first-order valence-electron chi connectivity index (χ1n) is 3.46. The van der Waals surface area contributed by atoms with Crippen molar-refractivity contribution in [3.63, 3.8) is 0 Å². The molecule has 0 aliphatic carbocycles. The third-order valence-corrected chi connectivity index (χ3v) is 1.57. The van der Waals surface area contributed by atoms with Crippen molar-refractivity contribution >= 4 is 0 Å². The lowest BCUT2D eigenvalue weighted by molar-refractivity contribution is -0.0698. The monoisotopic (exact) mass is 147 g/mol. The summed E-state index contributed by atoms with van der Waals surface area (Å²) in [6, 6.07) is 0. The Hall–Kier alpha value is -0.160. The fraction of sp³-hybridized carbons (Fsp3) is 1.00. The molecule has 4 nitrogen and oxygen atoms in total. The van der Waals surface area contributed by atoms with Gasteiger partial charge in [0.2, 0.25) is 0 Å². The van der Waals surface area contributed by atoms with Gasteiger partial charge in [-0.3, -0.25) is 0 Å². The topological polar surface area (TPSA) is 61.7 Å². The van der Waals surface area contributed by atoms with Crippen LogP contribution in [0.15, 0.2) is 0 Å². The van der Waals surface area contributed by atoms with Gasteiger partial charge < -0.3 is 20.3 Å². The minimum absolute atomic E-state index is 0.230. The van der Waals surface area contributed by atoms with Crippen molar-refractivity contribution in [2.24, 2.45) is 0 Å². The predicted molar refractivity (Wildman–Crippen MR) is 35.7 cm³/mol. The van der Waals surface area contributed by atoms with E-state index in [1.165, 1.54) is 0 Å². The highest BCUT2D eigenvalue weighted by atomic mass is 16.5. The minimum atomic E-state index is -0.743. The van der Waals surface area contributed by atoms with Crippen LogP contribution in [0.2, 0.25) is 0 Å². The van der Waals surface area contributed by atoms with Crippen LogP contribution in [0.5, 0.6) is 0 Å².